The number of fused-ring (bicyclic) bond motifs is 1. The maximum atomic E-state index is 12.6. The van der Waals surface area contributed by atoms with E-state index >= 15 is 0 Å². The monoisotopic (exact) mass is 354 g/mol. The van der Waals surface area contributed by atoms with Gasteiger partial charge in [-0.1, -0.05) is 12.1 Å². The Labute approximate surface area is 144 Å². The van der Waals surface area contributed by atoms with Crippen molar-refractivity contribution in [3.63, 3.8) is 0 Å². The minimum atomic E-state index is -3.93. The second-order valence-corrected chi connectivity index (χ2v) is 7.17. The molecule has 7 nitrogen and oxygen atoms in total. The van der Waals surface area contributed by atoms with Gasteiger partial charge in [0.1, 0.15) is 6.07 Å². The minimum Gasteiger partial charge on any atom is -0.366 e. The number of aromatic amines is 1. The first-order chi connectivity index (χ1) is 11.8. The highest BCUT2D eigenvalue weighted by atomic mass is 32.2. The van der Waals surface area contributed by atoms with Crippen LogP contribution in [0.25, 0.3) is 10.9 Å². The molecule has 0 aliphatic carbocycles. The van der Waals surface area contributed by atoms with Crippen molar-refractivity contribution in [3.05, 3.63) is 59.3 Å². The molecule has 0 unspecified atom stereocenters. The Morgan fingerprint density at radius 1 is 1.28 bits per heavy atom. The molecule has 0 saturated carbocycles. The third-order valence-corrected chi connectivity index (χ3v) is 5.20. The van der Waals surface area contributed by atoms with E-state index in [-0.39, 0.29) is 10.5 Å². The number of nitriles is 1. The summed E-state index contributed by atoms with van der Waals surface area (Å²) in [7, 11) is -3.93. The molecule has 0 atom stereocenters. The first-order valence-corrected chi connectivity index (χ1v) is 8.75. The number of carbonyl (C=O) groups is 1. The van der Waals surface area contributed by atoms with Gasteiger partial charge in [0.05, 0.1) is 21.7 Å². The number of aromatic nitrogens is 1. The van der Waals surface area contributed by atoms with Crippen molar-refractivity contribution in [2.24, 2.45) is 5.73 Å². The van der Waals surface area contributed by atoms with Gasteiger partial charge in [0, 0.05) is 17.1 Å². The van der Waals surface area contributed by atoms with Gasteiger partial charge in [-0.05, 0) is 36.8 Å². The van der Waals surface area contributed by atoms with Crippen molar-refractivity contribution in [1.82, 2.24) is 4.98 Å². The lowest BCUT2D eigenvalue weighted by molar-refractivity contribution is 0.1000. The van der Waals surface area contributed by atoms with Crippen molar-refractivity contribution in [1.29, 1.82) is 5.26 Å². The summed E-state index contributed by atoms with van der Waals surface area (Å²) in [6.07, 6.45) is 1.53. The lowest BCUT2D eigenvalue weighted by Crippen LogP contribution is -2.16. The molecule has 0 saturated heterocycles. The van der Waals surface area contributed by atoms with Crippen LogP contribution in [0.5, 0.6) is 0 Å². The summed E-state index contributed by atoms with van der Waals surface area (Å²) in [4.78, 5) is 14.1. The molecule has 2 aromatic carbocycles. The number of hydrogen-bond acceptors (Lipinski definition) is 4. The smallest absolute Gasteiger partial charge is 0.261 e. The third kappa shape index (κ3) is 2.93. The maximum Gasteiger partial charge on any atom is 0.261 e. The van der Waals surface area contributed by atoms with Crippen LogP contribution < -0.4 is 10.5 Å². The van der Waals surface area contributed by atoms with Crippen LogP contribution in [0.1, 0.15) is 21.5 Å². The summed E-state index contributed by atoms with van der Waals surface area (Å²) < 4.78 is 27.8. The topological polar surface area (TPSA) is 129 Å². The molecule has 126 valence electrons. The van der Waals surface area contributed by atoms with Crippen LogP contribution in [0.15, 0.2) is 47.5 Å². The Hall–Kier alpha value is -3.31. The highest BCUT2D eigenvalue weighted by molar-refractivity contribution is 7.92. The number of hydrogen-bond donors (Lipinski definition) is 3. The summed E-state index contributed by atoms with van der Waals surface area (Å²) in [5, 5.41) is 9.84. The van der Waals surface area contributed by atoms with Gasteiger partial charge in [-0.15, -0.1) is 0 Å². The largest absolute Gasteiger partial charge is 0.366 e. The zero-order chi connectivity index (χ0) is 18.2. The number of amides is 1. The Morgan fingerprint density at radius 3 is 2.72 bits per heavy atom. The number of nitrogens with two attached hydrogens (primary N) is 1. The van der Waals surface area contributed by atoms with E-state index in [0.29, 0.717) is 22.2 Å². The SMILES string of the molecule is Cc1ccc(NS(=O)(=O)c2cccc(C(N)=O)c2)c2[nH]cc(C#N)c12. The lowest BCUT2D eigenvalue weighted by Gasteiger charge is -2.11. The summed E-state index contributed by atoms with van der Waals surface area (Å²) in [5.74, 6) is -0.710. The van der Waals surface area contributed by atoms with E-state index in [2.05, 4.69) is 15.8 Å². The number of nitrogens with one attached hydrogen (secondary N) is 2. The number of rotatable bonds is 4. The van der Waals surface area contributed by atoms with E-state index in [0.717, 1.165) is 5.56 Å². The summed E-state index contributed by atoms with van der Waals surface area (Å²) in [5.41, 5.74) is 7.42. The molecule has 1 aromatic heterocycles. The van der Waals surface area contributed by atoms with E-state index in [1.54, 1.807) is 12.1 Å². The summed E-state index contributed by atoms with van der Waals surface area (Å²) in [6, 6.07) is 10.9. The fourth-order valence-electron chi connectivity index (χ4n) is 2.61. The molecule has 3 rings (SSSR count). The van der Waals surface area contributed by atoms with Crippen molar-refractivity contribution in [2.45, 2.75) is 11.8 Å². The number of primary amides is 1. The van der Waals surface area contributed by atoms with Gasteiger partial charge in [-0.3, -0.25) is 9.52 Å². The fourth-order valence-corrected chi connectivity index (χ4v) is 3.73. The van der Waals surface area contributed by atoms with Gasteiger partial charge in [0.25, 0.3) is 10.0 Å². The number of aryl methyl sites for hydroxylation is 1. The van der Waals surface area contributed by atoms with Crippen molar-refractivity contribution < 1.29 is 13.2 Å². The van der Waals surface area contributed by atoms with Crippen LogP contribution in [0.3, 0.4) is 0 Å². The zero-order valence-electron chi connectivity index (χ0n) is 13.2. The molecule has 0 spiro atoms. The van der Waals surface area contributed by atoms with Gasteiger partial charge >= 0.3 is 0 Å². The maximum absolute atomic E-state index is 12.6. The first kappa shape index (κ1) is 16.5. The van der Waals surface area contributed by atoms with Crippen LogP contribution in [0.2, 0.25) is 0 Å². The van der Waals surface area contributed by atoms with E-state index in [9.17, 15) is 18.5 Å². The molecular weight excluding hydrogens is 340 g/mol. The van der Waals surface area contributed by atoms with E-state index in [4.69, 9.17) is 5.73 Å². The molecule has 1 amide bonds. The van der Waals surface area contributed by atoms with Crippen LogP contribution in [-0.4, -0.2) is 19.3 Å². The number of anilines is 1. The lowest BCUT2D eigenvalue weighted by atomic mass is 10.1. The quantitative estimate of drug-likeness (QED) is 0.663. The molecule has 0 aliphatic heterocycles. The van der Waals surface area contributed by atoms with Gasteiger partial charge in [-0.25, -0.2) is 8.42 Å². The first-order valence-electron chi connectivity index (χ1n) is 7.27. The fraction of sp³-hybridized carbons (Fsp3) is 0.0588. The van der Waals surface area contributed by atoms with E-state index in [1.165, 1.54) is 30.5 Å². The van der Waals surface area contributed by atoms with Crippen LogP contribution in [0, 0.1) is 18.3 Å². The van der Waals surface area contributed by atoms with Crippen LogP contribution in [-0.2, 0) is 10.0 Å². The Morgan fingerprint density at radius 2 is 2.04 bits per heavy atom. The second kappa shape index (κ2) is 5.96. The molecule has 0 radical (unpaired) electrons. The standard InChI is InChI=1S/C17H14N4O3S/c1-10-5-6-14(16-15(10)12(8-18)9-20-16)21-25(23,24)13-4-2-3-11(7-13)17(19)22/h2-7,9,20-21H,1H3,(H2,19,22). The Kier molecular flexibility index (Phi) is 3.94. The normalized spacial score (nSPS) is 11.2. The molecule has 4 N–H and O–H groups in total. The highest BCUT2D eigenvalue weighted by Crippen LogP contribution is 2.30. The molecule has 25 heavy (non-hydrogen) atoms. The molecule has 3 aromatic rings. The number of benzene rings is 2. The third-order valence-electron chi connectivity index (χ3n) is 3.84. The number of nitrogens with zero attached hydrogens (tertiary/aromatic N) is 1. The predicted octanol–water partition coefficient (Wildman–Crippen LogP) is 2.25. The minimum absolute atomic E-state index is 0.0791. The molecular formula is C17H14N4O3S. The van der Waals surface area contributed by atoms with Crippen molar-refractivity contribution >= 4 is 32.5 Å². The molecule has 0 fully saturated rings. The van der Waals surface area contributed by atoms with Crippen molar-refractivity contribution in [2.75, 3.05) is 4.72 Å². The number of sulfonamides is 1. The van der Waals surface area contributed by atoms with Crippen LogP contribution in [0.4, 0.5) is 5.69 Å². The van der Waals surface area contributed by atoms with Crippen LogP contribution >= 0.6 is 0 Å². The zero-order valence-corrected chi connectivity index (χ0v) is 14.0. The number of H-pyrrole nitrogens is 1. The second-order valence-electron chi connectivity index (χ2n) is 5.49. The predicted molar refractivity (Wildman–Crippen MR) is 93.5 cm³/mol. The Balaban J connectivity index is 2.08. The van der Waals surface area contributed by atoms with Gasteiger partial charge in [0.15, 0.2) is 0 Å². The molecule has 1 heterocycles. The van der Waals surface area contributed by atoms with Crippen molar-refractivity contribution in [3.8, 4) is 6.07 Å². The molecule has 0 aliphatic rings. The number of carbonyl (C=O) groups excluding carboxylic acids is 1. The average molecular weight is 354 g/mol. The van der Waals surface area contributed by atoms with E-state index < -0.39 is 15.9 Å². The Bertz CT molecular complexity index is 1140. The molecule has 0 bridgehead atoms. The van der Waals surface area contributed by atoms with Gasteiger partial charge in [-0.2, -0.15) is 5.26 Å². The average Bonchev–Trinajstić information content (AvgIpc) is 3.02. The van der Waals surface area contributed by atoms with E-state index in [1.807, 2.05) is 6.92 Å². The van der Waals surface area contributed by atoms with Gasteiger partial charge < -0.3 is 10.7 Å². The summed E-state index contributed by atoms with van der Waals surface area (Å²) in [6.45, 7) is 1.84. The van der Waals surface area contributed by atoms with Gasteiger partial charge in [0.2, 0.25) is 5.91 Å². The summed E-state index contributed by atoms with van der Waals surface area (Å²) >= 11 is 0. The molecule has 8 heteroatoms. The highest BCUT2D eigenvalue weighted by Gasteiger charge is 2.18.